The van der Waals surface area contributed by atoms with Crippen LogP contribution in [-0.2, 0) is 0 Å². The van der Waals surface area contributed by atoms with Crippen molar-refractivity contribution in [1.29, 1.82) is 0 Å². The van der Waals surface area contributed by atoms with Crippen LogP contribution in [0.25, 0.3) is 10.9 Å². The van der Waals surface area contributed by atoms with Crippen molar-refractivity contribution in [3.63, 3.8) is 0 Å². The van der Waals surface area contributed by atoms with Gasteiger partial charge in [-0.2, -0.15) is 4.98 Å². The summed E-state index contributed by atoms with van der Waals surface area (Å²) in [5.74, 6) is 2.08. The van der Waals surface area contributed by atoms with Crippen molar-refractivity contribution in [3.05, 3.63) is 34.7 Å². The molecule has 1 aliphatic heterocycles. The van der Waals surface area contributed by atoms with Gasteiger partial charge in [-0.05, 0) is 18.9 Å². The standard InChI is InChI=1S/C22H27N5O6/c1-31-15-10-13(11-16(32-2)18(15)33-3)24-19-17-14(4-7-23-20(17)29)25-21(26-19)27-8-5-22(30,12-28)6-9-27/h4,7,10-11,28,30H,5-6,8-9,12H2,1-3H3,(H,23,29)(H,24,25,26). The number of benzene rings is 1. The van der Waals surface area contributed by atoms with Gasteiger partial charge >= 0.3 is 0 Å². The maximum atomic E-state index is 12.6. The van der Waals surface area contributed by atoms with Gasteiger partial charge in [0.25, 0.3) is 5.56 Å². The summed E-state index contributed by atoms with van der Waals surface area (Å²) in [6, 6.07) is 5.14. The van der Waals surface area contributed by atoms with Crippen LogP contribution >= 0.6 is 0 Å². The lowest BCUT2D eigenvalue weighted by Crippen LogP contribution is -2.47. The molecule has 3 aromatic rings. The molecule has 1 aliphatic rings. The SMILES string of the molecule is COc1cc(Nc2nc(N3CCC(O)(CO)CC3)nc3cc[nH]c(=O)c23)cc(OC)c1OC. The van der Waals surface area contributed by atoms with Gasteiger partial charge in [0.15, 0.2) is 11.5 Å². The Balaban J connectivity index is 1.77. The molecule has 11 heteroatoms. The number of hydrogen-bond donors (Lipinski definition) is 4. The lowest BCUT2D eigenvalue weighted by molar-refractivity contribution is -0.0327. The van der Waals surface area contributed by atoms with Crippen LogP contribution < -0.4 is 30.0 Å². The van der Waals surface area contributed by atoms with E-state index >= 15 is 0 Å². The molecule has 0 amide bonds. The summed E-state index contributed by atoms with van der Waals surface area (Å²) in [6.07, 6.45) is 2.30. The fourth-order valence-electron chi connectivity index (χ4n) is 3.88. The first-order valence-corrected chi connectivity index (χ1v) is 10.5. The van der Waals surface area contributed by atoms with Crippen LogP contribution in [0.1, 0.15) is 12.8 Å². The molecule has 0 saturated carbocycles. The van der Waals surface area contributed by atoms with E-state index in [-0.39, 0.29) is 12.2 Å². The summed E-state index contributed by atoms with van der Waals surface area (Å²) >= 11 is 0. The second-order valence-electron chi connectivity index (χ2n) is 7.85. The largest absolute Gasteiger partial charge is 0.493 e. The fraction of sp³-hybridized carbons (Fsp3) is 0.409. The Morgan fingerprint density at radius 2 is 1.79 bits per heavy atom. The Kier molecular flexibility index (Phi) is 6.25. The minimum absolute atomic E-state index is 0.289. The predicted molar refractivity (Wildman–Crippen MR) is 123 cm³/mol. The number of aliphatic hydroxyl groups excluding tert-OH is 1. The van der Waals surface area contributed by atoms with Gasteiger partial charge in [0.1, 0.15) is 11.2 Å². The first-order chi connectivity index (χ1) is 15.9. The van der Waals surface area contributed by atoms with E-state index in [0.717, 1.165) is 0 Å². The highest BCUT2D eigenvalue weighted by atomic mass is 16.5. The van der Waals surface area contributed by atoms with Gasteiger partial charge in [-0.25, -0.2) is 4.98 Å². The smallest absolute Gasteiger partial charge is 0.261 e. The molecule has 1 aromatic carbocycles. The zero-order valence-corrected chi connectivity index (χ0v) is 18.7. The molecule has 0 bridgehead atoms. The summed E-state index contributed by atoms with van der Waals surface area (Å²) in [7, 11) is 4.56. The van der Waals surface area contributed by atoms with Gasteiger partial charge < -0.3 is 39.6 Å². The average Bonchev–Trinajstić information content (AvgIpc) is 2.83. The van der Waals surface area contributed by atoms with Crippen molar-refractivity contribution in [1.82, 2.24) is 15.0 Å². The lowest BCUT2D eigenvalue weighted by Gasteiger charge is -2.37. The van der Waals surface area contributed by atoms with Crippen molar-refractivity contribution in [2.75, 3.05) is 51.2 Å². The molecule has 176 valence electrons. The first kappa shape index (κ1) is 22.6. The van der Waals surface area contributed by atoms with E-state index in [1.807, 2.05) is 4.90 Å². The van der Waals surface area contributed by atoms with Crippen molar-refractivity contribution >= 4 is 28.4 Å². The van der Waals surface area contributed by atoms with Crippen molar-refractivity contribution in [2.24, 2.45) is 0 Å². The van der Waals surface area contributed by atoms with Crippen molar-refractivity contribution in [2.45, 2.75) is 18.4 Å². The number of hydrogen-bond acceptors (Lipinski definition) is 10. The zero-order valence-electron chi connectivity index (χ0n) is 18.7. The van der Waals surface area contributed by atoms with Crippen molar-refractivity contribution in [3.8, 4) is 17.2 Å². The van der Waals surface area contributed by atoms with Gasteiger partial charge in [-0.3, -0.25) is 4.79 Å². The number of nitrogens with zero attached hydrogens (tertiary/aromatic N) is 3. The zero-order chi connectivity index (χ0) is 23.6. The maximum Gasteiger partial charge on any atom is 0.261 e. The summed E-state index contributed by atoms with van der Waals surface area (Å²) in [5.41, 5.74) is -0.377. The molecule has 1 fully saturated rings. The Morgan fingerprint density at radius 1 is 1.12 bits per heavy atom. The quantitative estimate of drug-likeness (QED) is 0.411. The van der Waals surface area contributed by atoms with Crippen LogP contribution in [0.15, 0.2) is 29.2 Å². The summed E-state index contributed by atoms with van der Waals surface area (Å²) in [6.45, 7) is 0.646. The topological polar surface area (TPSA) is 142 Å². The Labute approximate surface area is 190 Å². The van der Waals surface area contributed by atoms with Crippen LogP contribution in [0.4, 0.5) is 17.5 Å². The molecule has 0 atom stereocenters. The Morgan fingerprint density at radius 3 is 2.36 bits per heavy atom. The number of nitrogens with one attached hydrogen (secondary N) is 2. The third-order valence-corrected chi connectivity index (χ3v) is 5.81. The van der Waals surface area contributed by atoms with Gasteiger partial charge in [0, 0.05) is 37.1 Å². The van der Waals surface area contributed by atoms with Crippen LogP contribution in [-0.4, -0.2) is 71.8 Å². The van der Waals surface area contributed by atoms with Crippen LogP contribution in [0.3, 0.4) is 0 Å². The average molecular weight is 457 g/mol. The fourth-order valence-corrected chi connectivity index (χ4v) is 3.88. The van der Waals surface area contributed by atoms with E-state index in [1.54, 1.807) is 18.2 Å². The number of aliphatic hydroxyl groups is 2. The number of piperidine rings is 1. The number of H-pyrrole nitrogens is 1. The number of anilines is 3. The number of methoxy groups -OCH3 is 3. The highest BCUT2D eigenvalue weighted by Gasteiger charge is 2.32. The summed E-state index contributed by atoms with van der Waals surface area (Å²) in [4.78, 5) is 26.4. The molecule has 0 spiro atoms. The second-order valence-corrected chi connectivity index (χ2v) is 7.85. The van der Waals surface area contributed by atoms with E-state index in [0.29, 0.717) is 71.5 Å². The molecule has 0 aliphatic carbocycles. The van der Waals surface area contributed by atoms with Crippen LogP contribution in [0.5, 0.6) is 17.2 Å². The second kappa shape index (κ2) is 9.12. The highest BCUT2D eigenvalue weighted by Crippen LogP contribution is 2.41. The number of pyridine rings is 1. The molecular formula is C22H27N5O6. The molecule has 11 nitrogen and oxygen atoms in total. The highest BCUT2D eigenvalue weighted by molar-refractivity contribution is 5.91. The molecule has 4 N–H and O–H groups in total. The van der Waals surface area contributed by atoms with Crippen molar-refractivity contribution < 1.29 is 24.4 Å². The molecule has 2 aromatic heterocycles. The summed E-state index contributed by atoms with van der Waals surface area (Å²) < 4.78 is 16.2. The molecule has 0 radical (unpaired) electrons. The molecule has 4 rings (SSSR count). The number of fused-ring (bicyclic) bond motifs is 1. The van der Waals surface area contributed by atoms with Gasteiger partial charge in [-0.15, -0.1) is 0 Å². The number of aromatic nitrogens is 3. The third-order valence-electron chi connectivity index (χ3n) is 5.81. The number of aromatic amines is 1. The number of ether oxygens (including phenoxy) is 3. The minimum Gasteiger partial charge on any atom is -0.493 e. The molecular weight excluding hydrogens is 430 g/mol. The molecule has 0 unspecified atom stereocenters. The van der Waals surface area contributed by atoms with Gasteiger partial charge in [-0.1, -0.05) is 0 Å². The monoisotopic (exact) mass is 457 g/mol. The van der Waals surface area contributed by atoms with E-state index in [4.69, 9.17) is 14.2 Å². The molecule has 33 heavy (non-hydrogen) atoms. The van der Waals surface area contributed by atoms with E-state index in [1.165, 1.54) is 27.5 Å². The molecule has 1 saturated heterocycles. The minimum atomic E-state index is -1.10. The van der Waals surface area contributed by atoms with Crippen LogP contribution in [0.2, 0.25) is 0 Å². The van der Waals surface area contributed by atoms with Gasteiger partial charge in [0.05, 0.1) is 39.1 Å². The third kappa shape index (κ3) is 4.37. The lowest BCUT2D eigenvalue weighted by atomic mass is 9.93. The van der Waals surface area contributed by atoms with Crippen LogP contribution in [0, 0.1) is 0 Å². The predicted octanol–water partition coefficient (Wildman–Crippen LogP) is 1.41. The van der Waals surface area contributed by atoms with E-state index in [2.05, 4.69) is 20.3 Å². The Hall–Kier alpha value is -3.57. The first-order valence-electron chi connectivity index (χ1n) is 10.5. The van der Waals surface area contributed by atoms with E-state index in [9.17, 15) is 15.0 Å². The normalized spacial score (nSPS) is 15.4. The number of rotatable bonds is 7. The Bertz CT molecular complexity index is 1180. The maximum absolute atomic E-state index is 12.6. The summed E-state index contributed by atoms with van der Waals surface area (Å²) in [5, 5.41) is 23.3. The van der Waals surface area contributed by atoms with E-state index < -0.39 is 5.60 Å². The molecule has 3 heterocycles. The van der Waals surface area contributed by atoms with Gasteiger partial charge in [0.2, 0.25) is 11.7 Å².